The molecule has 0 spiro atoms. The number of hydrogen-bond donors (Lipinski definition) is 3. The van der Waals surface area contributed by atoms with Crippen LogP contribution in [-0.2, 0) is 11.2 Å². The minimum absolute atomic E-state index is 0.129. The molecule has 0 aliphatic carbocycles. The van der Waals surface area contributed by atoms with Crippen LogP contribution in [0.25, 0.3) is 10.9 Å². The summed E-state index contributed by atoms with van der Waals surface area (Å²) in [4.78, 5) is 14.1. The number of rotatable bonds is 3. The van der Waals surface area contributed by atoms with Crippen LogP contribution in [-0.4, -0.2) is 23.2 Å². The molecule has 1 heterocycles. The summed E-state index contributed by atoms with van der Waals surface area (Å²) in [6, 6.07) is 5.58. The smallest absolute Gasteiger partial charge is 0.247 e. The highest BCUT2D eigenvalue weighted by Crippen LogP contribution is 2.23. The molecule has 16 heavy (non-hydrogen) atoms. The molecule has 0 saturated carbocycles. The van der Waals surface area contributed by atoms with E-state index < -0.39 is 5.91 Å². The quantitative estimate of drug-likeness (QED) is 0.538. The summed E-state index contributed by atoms with van der Waals surface area (Å²) in [5.41, 5.74) is 3.36. The minimum atomic E-state index is -0.441. The topological polar surface area (TPSA) is 74.4 Å². The van der Waals surface area contributed by atoms with E-state index in [-0.39, 0.29) is 6.42 Å². The van der Waals surface area contributed by atoms with Crippen molar-refractivity contribution in [2.75, 3.05) is 7.11 Å². The summed E-state index contributed by atoms with van der Waals surface area (Å²) in [5, 5.41) is 9.39. The first-order chi connectivity index (χ1) is 7.74. The number of nitrogens with one attached hydrogen (secondary N) is 2. The summed E-state index contributed by atoms with van der Waals surface area (Å²) in [7, 11) is 1.59. The van der Waals surface area contributed by atoms with Gasteiger partial charge in [-0.05, 0) is 23.8 Å². The Morgan fingerprint density at radius 2 is 2.38 bits per heavy atom. The molecule has 0 saturated heterocycles. The van der Waals surface area contributed by atoms with Gasteiger partial charge in [0.05, 0.1) is 13.5 Å². The van der Waals surface area contributed by atoms with E-state index in [1.807, 2.05) is 18.2 Å². The van der Waals surface area contributed by atoms with E-state index in [4.69, 9.17) is 9.94 Å². The van der Waals surface area contributed by atoms with Gasteiger partial charge in [0.15, 0.2) is 0 Å². The van der Waals surface area contributed by atoms with Gasteiger partial charge in [-0.3, -0.25) is 10.0 Å². The lowest BCUT2D eigenvalue weighted by molar-refractivity contribution is -0.128. The molecule has 84 valence electrons. The highest BCUT2D eigenvalue weighted by Gasteiger charge is 2.08. The number of aromatic amines is 1. The van der Waals surface area contributed by atoms with E-state index >= 15 is 0 Å². The predicted octanol–water partition coefficient (Wildman–Crippen LogP) is 1.22. The van der Waals surface area contributed by atoms with Gasteiger partial charge in [0, 0.05) is 17.1 Å². The molecule has 0 unspecified atom stereocenters. The van der Waals surface area contributed by atoms with Gasteiger partial charge >= 0.3 is 0 Å². The van der Waals surface area contributed by atoms with Crippen molar-refractivity contribution in [1.82, 2.24) is 10.5 Å². The fourth-order valence-electron chi connectivity index (χ4n) is 1.64. The Labute approximate surface area is 92.0 Å². The zero-order chi connectivity index (χ0) is 11.5. The SMILES string of the molecule is COc1ccc2[nH]cc(CC(=O)NO)c2c1. The molecule has 5 heteroatoms. The van der Waals surface area contributed by atoms with Crippen LogP contribution >= 0.6 is 0 Å². The Balaban J connectivity index is 2.41. The molecule has 1 aromatic heterocycles. The summed E-state index contributed by atoms with van der Waals surface area (Å²) in [6.45, 7) is 0. The monoisotopic (exact) mass is 220 g/mol. The van der Waals surface area contributed by atoms with Crippen LogP contribution in [0.4, 0.5) is 0 Å². The number of methoxy groups -OCH3 is 1. The van der Waals surface area contributed by atoms with Crippen LogP contribution in [0.15, 0.2) is 24.4 Å². The molecular formula is C11H12N2O3. The second-order valence-corrected chi connectivity index (χ2v) is 3.44. The molecule has 1 amide bonds. The number of H-pyrrole nitrogens is 1. The average Bonchev–Trinajstić information content (AvgIpc) is 2.71. The zero-order valence-corrected chi connectivity index (χ0v) is 8.78. The number of amides is 1. The predicted molar refractivity (Wildman–Crippen MR) is 58.5 cm³/mol. The van der Waals surface area contributed by atoms with Crippen LogP contribution in [0.2, 0.25) is 0 Å². The second-order valence-electron chi connectivity index (χ2n) is 3.44. The maximum absolute atomic E-state index is 11.1. The van der Waals surface area contributed by atoms with Crippen molar-refractivity contribution in [3.63, 3.8) is 0 Å². The number of ether oxygens (including phenoxy) is 1. The molecule has 2 aromatic rings. The van der Waals surface area contributed by atoms with E-state index in [1.54, 1.807) is 18.8 Å². The third-order valence-corrected chi connectivity index (χ3v) is 2.45. The first-order valence-corrected chi connectivity index (χ1v) is 4.81. The normalized spacial score (nSPS) is 10.4. The van der Waals surface area contributed by atoms with E-state index in [0.29, 0.717) is 0 Å². The van der Waals surface area contributed by atoms with E-state index in [1.165, 1.54) is 0 Å². The lowest BCUT2D eigenvalue weighted by Crippen LogP contribution is -2.20. The maximum Gasteiger partial charge on any atom is 0.247 e. The van der Waals surface area contributed by atoms with Crippen LogP contribution in [0.1, 0.15) is 5.56 Å². The van der Waals surface area contributed by atoms with Crippen molar-refractivity contribution in [1.29, 1.82) is 0 Å². The van der Waals surface area contributed by atoms with Crippen molar-refractivity contribution >= 4 is 16.8 Å². The molecule has 5 nitrogen and oxygen atoms in total. The lowest BCUT2D eigenvalue weighted by Gasteiger charge is -2.01. The molecule has 3 N–H and O–H groups in total. The summed E-state index contributed by atoms with van der Waals surface area (Å²) >= 11 is 0. The number of carbonyl (C=O) groups is 1. The molecular weight excluding hydrogens is 208 g/mol. The lowest BCUT2D eigenvalue weighted by atomic mass is 10.1. The molecule has 0 aliphatic heterocycles. The highest BCUT2D eigenvalue weighted by atomic mass is 16.5. The molecule has 0 aliphatic rings. The first kappa shape index (κ1) is 10.5. The number of carbonyl (C=O) groups excluding carboxylic acids is 1. The van der Waals surface area contributed by atoms with E-state index in [9.17, 15) is 4.79 Å². The molecule has 0 radical (unpaired) electrons. The summed E-state index contributed by atoms with van der Waals surface area (Å²) < 4.78 is 5.11. The number of hydroxylamine groups is 1. The average molecular weight is 220 g/mol. The fourth-order valence-corrected chi connectivity index (χ4v) is 1.64. The molecule has 0 atom stereocenters. The summed E-state index contributed by atoms with van der Waals surface area (Å²) in [6.07, 6.45) is 1.88. The van der Waals surface area contributed by atoms with Crippen molar-refractivity contribution in [2.24, 2.45) is 0 Å². The van der Waals surface area contributed by atoms with E-state index in [0.717, 1.165) is 22.2 Å². The molecule has 1 aromatic carbocycles. The van der Waals surface area contributed by atoms with Gasteiger partial charge in [-0.2, -0.15) is 0 Å². The summed E-state index contributed by atoms with van der Waals surface area (Å²) in [5.74, 6) is 0.293. The van der Waals surface area contributed by atoms with Crippen molar-refractivity contribution in [3.8, 4) is 5.75 Å². The van der Waals surface area contributed by atoms with Crippen molar-refractivity contribution < 1.29 is 14.7 Å². The van der Waals surface area contributed by atoms with Gasteiger partial charge in [-0.25, -0.2) is 5.48 Å². The molecule has 2 rings (SSSR count). The number of hydrogen-bond acceptors (Lipinski definition) is 3. The van der Waals surface area contributed by atoms with Crippen molar-refractivity contribution in [2.45, 2.75) is 6.42 Å². The standard InChI is InChI=1S/C11H12N2O3/c1-16-8-2-3-10-9(5-8)7(6-12-10)4-11(14)13-15/h2-3,5-6,12,15H,4H2,1H3,(H,13,14). The second kappa shape index (κ2) is 4.24. The van der Waals surface area contributed by atoms with E-state index in [2.05, 4.69) is 4.98 Å². The minimum Gasteiger partial charge on any atom is -0.497 e. The Bertz CT molecular complexity index is 519. The maximum atomic E-state index is 11.1. The number of fused-ring (bicyclic) bond motifs is 1. The number of benzene rings is 1. The van der Waals surface area contributed by atoms with Gasteiger partial charge in [-0.15, -0.1) is 0 Å². The largest absolute Gasteiger partial charge is 0.497 e. The molecule has 0 fully saturated rings. The third-order valence-electron chi connectivity index (χ3n) is 2.45. The van der Waals surface area contributed by atoms with Crippen LogP contribution in [0.3, 0.4) is 0 Å². The fraction of sp³-hybridized carbons (Fsp3) is 0.182. The van der Waals surface area contributed by atoms with Gasteiger partial charge in [-0.1, -0.05) is 0 Å². The van der Waals surface area contributed by atoms with Gasteiger partial charge < -0.3 is 9.72 Å². The van der Waals surface area contributed by atoms with Crippen LogP contribution < -0.4 is 10.2 Å². The van der Waals surface area contributed by atoms with Crippen molar-refractivity contribution in [3.05, 3.63) is 30.0 Å². The molecule has 0 bridgehead atoms. The zero-order valence-electron chi connectivity index (χ0n) is 8.78. The van der Waals surface area contributed by atoms with Crippen LogP contribution in [0.5, 0.6) is 5.75 Å². The number of aromatic nitrogens is 1. The highest BCUT2D eigenvalue weighted by molar-refractivity contribution is 5.89. The Morgan fingerprint density at radius 1 is 1.56 bits per heavy atom. The van der Waals surface area contributed by atoms with Gasteiger partial charge in [0.1, 0.15) is 5.75 Å². The first-order valence-electron chi connectivity index (χ1n) is 4.81. The Kier molecular flexibility index (Phi) is 2.78. The van der Waals surface area contributed by atoms with Crippen LogP contribution in [0, 0.1) is 0 Å². The van der Waals surface area contributed by atoms with Gasteiger partial charge in [0.2, 0.25) is 5.91 Å². The Morgan fingerprint density at radius 3 is 3.06 bits per heavy atom. The third kappa shape index (κ3) is 1.85. The Hall–Kier alpha value is -2.01. The van der Waals surface area contributed by atoms with Gasteiger partial charge in [0.25, 0.3) is 0 Å².